The normalized spacial score (nSPS) is 14.9. The van der Waals surface area contributed by atoms with E-state index in [9.17, 15) is 4.79 Å². The zero-order valence-electron chi connectivity index (χ0n) is 17.2. The molecule has 6 nitrogen and oxygen atoms in total. The molecule has 2 amide bonds. The molecular weight excluding hydrogens is 362 g/mol. The number of benzene rings is 2. The number of hydrogen-bond acceptors (Lipinski definition) is 3. The Labute approximate surface area is 171 Å². The van der Waals surface area contributed by atoms with Gasteiger partial charge in [-0.05, 0) is 55.3 Å². The molecule has 29 heavy (non-hydrogen) atoms. The summed E-state index contributed by atoms with van der Waals surface area (Å²) >= 11 is 0. The van der Waals surface area contributed by atoms with Crippen molar-refractivity contribution in [1.29, 1.82) is 0 Å². The summed E-state index contributed by atoms with van der Waals surface area (Å²) in [6, 6.07) is 14.2. The van der Waals surface area contributed by atoms with Crippen LogP contribution in [0.1, 0.15) is 11.1 Å². The minimum Gasteiger partial charge on any atom is -0.369 e. The van der Waals surface area contributed by atoms with Gasteiger partial charge in [-0.1, -0.05) is 12.1 Å². The highest BCUT2D eigenvalue weighted by Gasteiger charge is 2.18. The van der Waals surface area contributed by atoms with E-state index in [4.69, 9.17) is 0 Å². The molecule has 1 fully saturated rings. The second-order valence-electron chi connectivity index (χ2n) is 7.71. The summed E-state index contributed by atoms with van der Waals surface area (Å²) in [6.07, 6.45) is 1.90. The molecule has 1 aliphatic rings. The highest BCUT2D eigenvalue weighted by atomic mass is 16.2. The van der Waals surface area contributed by atoms with Gasteiger partial charge in [0.25, 0.3) is 0 Å². The summed E-state index contributed by atoms with van der Waals surface area (Å²) in [5.74, 6) is 0. The van der Waals surface area contributed by atoms with Crippen LogP contribution in [0.4, 0.5) is 16.2 Å². The van der Waals surface area contributed by atoms with Crippen LogP contribution >= 0.6 is 0 Å². The summed E-state index contributed by atoms with van der Waals surface area (Å²) in [4.78, 5) is 20.2. The SMILES string of the molecule is Cc1cccc(N2CCN(CCNC(=O)Nc3ccc4[nH]ccc4c3)CC2)c1C. The maximum absolute atomic E-state index is 12.2. The Bertz CT molecular complexity index is 988. The number of piperazine rings is 1. The van der Waals surface area contributed by atoms with Crippen molar-refractivity contribution in [3.63, 3.8) is 0 Å². The fourth-order valence-electron chi connectivity index (χ4n) is 3.92. The van der Waals surface area contributed by atoms with Gasteiger partial charge >= 0.3 is 6.03 Å². The Balaban J connectivity index is 1.20. The van der Waals surface area contributed by atoms with E-state index < -0.39 is 0 Å². The van der Waals surface area contributed by atoms with Crippen LogP contribution < -0.4 is 15.5 Å². The van der Waals surface area contributed by atoms with Crippen LogP contribution in [-0.4, -0.2) is 55.2 Å². The molecule has 0 spiro atoms. The molecular formula is C23H29N5O. The number of aromatic amines is 1. The lowest BCUT2D eigenvalue weighted by Crippen LogP contribution is -2.49. The molecule has 2 aromatic carbocycles. The Morgan fingerprint density at radius 2 is 1.90 bits per heavy atom. The van der Waals surface area contributed by atoms with E-state index >= 15 is 0 Å². The maximum Gasteiger partial charge on any atom is 0.319 e. The number of nitrogens with one attached hydrogen (secondary N) is 3. The fraction of sp³-hybridized carbons (Fsp3) is 0.348. The molecule has 2 heterocycles. The Morgan fingerprint density at radius 1 is 1.07 bits per heavy atom. The van der Waals surface area contributed by atoms with Crippen LogP contribution in [0, 0.1) is 13.8 Å². The van der Waals surface area contributed by atoms with Crippen molar-refractivity contribution in [1.82, 2.24) is 15.2 Å². The summed E-state index contributed by atoms with van der Waals surface area (Å²) in [7, 11) is 0. The number of aryl methyl sites for hydroxylation is 1. The van der Waals surface area contributed by atoms with E-state index in [2.05, 4.69) is 57.5 Å². The van der Waals surface area contributed by atoms with E-state index in [0.717, 1.165) is 49.3 Å². The Hall–Kier alpha value is -2.99. The second kappa shape index (κ2) is 8.57. The standard InChI is InChI=1S/C23H29N5O/c1-17-4-3-5-22(18(17)2)28-14-12-27(13-15-28)11-10-25-23(29)26-20-6-7-21-19(16-20)8-9-24-21/h3-9,16,24H,10-15H2,1-2H3,(H2,25,26,29). The van der Waals surface area contributed by atoms with E-state index in [0.29, 0.717) is 6.54 Å². The highest BCUT2D eigenvalue weighted by Crippen LogP contribution is 2.23. The number of aromatic nitrogens is 1. The van der Waals surface area contributed by atoms with Crippen LogP contribution in [0.2, 0.25) is 0 Å². The van der Waals surface area contributed by atoms with Crippen LogP contribution in [0.15, 0.2) is 48.7 Å². The molecule has 4 rings (SSSR count). The van der Waals surface area contributed by atoms with Crippen molar-refractivity contribution in [3.05, 3.63) is 59.8 Å². The van der Waals surface area contributed by atoms with Crippen LogP contribution in [0.25, 0.3) is 10.9 Å². The average molecular weight is 392 g/mol. The van der Waals surface area contributed by atoms with Gasteiger partial charge < -0.3 is 20.5 Å². The van der Waals surface area contributed by atoms with Gasteiger partial charge in [0.2, 0.25) is 0 Å². The number of anilines is 2. The quantitative estimate of drug-likeness (QED) is 0.621. The van der Waals surface area contributed by atoms with Crippen LogP contribution in [0.3, 0.4) is 0 Å². The lowest BCUT2D eigenvalue weighted by Gasteiger charge is -2.37. The third kappa shape index (κ3) is 4.54. The van der Waals surface area contributed by atoms with E-state index in [1.165, 1.54) is 16.8 Å². The number of fused-ring (bicyclic) bond motifs is 1. The first kappa shape index (κ1) is 19.3. The minimum atomic E-state index is -0.158. The van der Waals surface area contributed by atoms with Crippen molar-refractivity contribution in [2.24, 2.45) is 0 Å². The molecule has 3 N–H and O–H groups in total. The third-order valence-corrected chi connectivity index (χ3v) is 5.81. The highest BCUT2D eigenvalue weighted by molar-refractivity contribution is 5.92. The van der Waals surface area contributed by atoms with Gasteiger partial charge in [0, 0.05) is 67.7 Å². The largest absolute Gasteiger partial charge is 0.369 e. The lowest BCUT2D eigenvalue weighted by atomic mass is 10.1. The average Bonchev–Trinajstić information content (AvgIpc) is 3.19. The third-order valence-electron chi connectivity index (χ3n) is 5.81. The number of hydrogen-bond donors (Lipinski definition) is 3. The number of carbonyl (C=O) groups is 1. The second-order valence-corrected chi connectivity index (χ2v) is 7.71. The predicted octanol–water partition coefficient (Wildman–Crippen LogP) is 3.73. The summed E-state index contributed by atoms with van der Waals surface area (Å²) in [5.41, 5.74) is 5.93. The molecule has 0 bridgehead atoms. The number of carbonyl (C=O) groups excluding carboxylic acids is 1. The topological polar surface area (TPSA) is 63.4 Å². The molecule has 1 saturated heterocycles. The first-order valence-electron chi connectivity index (χ1n) is 10.3. The van der Waals surface area contributed by atoms with Crippen molar-refractivity contribution in [3.8, 4) is 0 Å². The predicted molar refractivity (Wildman–Crippen MR) is 120 cm³/mol. The van der Waals surface area contributed by atoms with Crippen LogP contribution in [0.5, 0.6) is 0 Å². The van der Waals surface area contributed by atoms with Gasteiger partial charge in [0.05, 0.1) is 0 Å². The molecule has 0 radical (unpaired) electrons. The molecule has 1 aliphatic heterocycles. The first-order chi connectivity index (χ1) is 14.1. The zero-order chi connectivity index (χ0) is 20.2. The lowest BCUT2D eigenvalue weighted by molar-refractivity contribution is 0.240. The Morgan fingerprint density at radius 3 is 2.72 bits per heavy atom. The minimum absolute atomic E-state index is 0.158. The van der Waals surface area contributed by atoms with Gasteiger partial charge in [-0.2, -0.15) is 0 Å². The number of rotatable bonds is 5. The number of H-pyrrole nitrogens is 1. The zero-order valence-corrected chi connectivity index (χ0v) is 17.2. The molecule has 6 heteroatoms. The molecule has 3 aromatic rings. The number of amides is 2. The maximum atomic E-state index is 12.2. The number of nitrogens with zero attached hydrogens (tertiary/aromatic N) is 2. The van der Waals surface area contributed by atoms with Crippen molar-refractivity contribution in [2.45, 2.75) is 13.8 Å². The van der Waals surface area contributed by atoms with Gasteiger partial charge in [0.1, 0.15) is 0 Å². The molecule has 0 unspecified atom stereocenters. The number of urea groups is 1. The monoisotopic (exact) mass is 391 g/mol. The fourth-order valence-corrected chi connectivity index (χ4v) is 3.92. The van der Waals surface area contributed by atoms with Crippen molar-refractivity contribution >= 4 is 28.3 Å². The first-order valence-corrected chi connectivity index (χ1v) is 10.3. The van der Waals surface area contributed by atoms with Crippen molar-refractivity contribution < 1.29 is 4.79 Å². The van der Waals surface area contributed by atoms with E-state index in [1.54, 1.807) is 0 Å². The molecule has 152 valence electrons. The molecule has 1 aromatic heterocycles. The smallest absolute Gasteiger partial charge is 0.319 e. The summed E-state index contributed by atoms with van der Waals surface area (Å²) in [6.45, 7) is 9.95. The molecule has 0 atom stereocenters. The van der Waals surface area contributed by atoms with Gasteiger partial charge in [-0.3, -0.25) is 4.90 Å². The molecule has 0 aliphatic carbocycles. The van der Waals surface area contributed by atoms with Crippen molar-refractivity contribution in [2.75, 3.05) is 49.5 Å². The van der Waals surface area contributed by atoms with E-state index in [-0.39, 0.29) is 6.03 Å². The van der Waals surface area contributed by atoms with Crippen LogP contribution in [-0.2, 0) is 0 Å². The summed E-state index contributed by atoms with van der Waals surface area (Å²) < 4.78 is 0. The van der Waals surface area contributed by atoms with Gasteiger partial charge in [-0.15, -0.1) is 0 Å². The van der Waals surface area contributed by atoms with E-state index in [1.807, 2.05) is 30.5 Å². The summed E-state index contributed by atoms with van der Waals surface area (Å²) in [5, 5.41) is 6.97. The van der Waals surface area contributed by atoms with Gasteiger partial charge in [-0.25, -0.2) is 4.79 Å². The Kier molecular flexibility index (Phi) is 5.71. The molecule has 0 saturated carbocycles. The van der Waals surface area contributed by atoms with Gasteiger partial charge in [0.15, 0.2) is 0 Å².